The fourth-order valence-corrected chi connectivity index (χ4v) is 2.26. The lowest BCUT2D eigenvalue weighted by Crippen LogP contribution is -2.29. The first-order chi connectivity index (χ1) is 13.0. The quantitative estimate of drug-likeness (QED) is 0.488. The van der Waals surface area contributed by atoms with Crippen LogP contribution in [0.3, 0.4) is 0 Å². The number of nitrogens with one attached hydrogen (secondary N) is 2. The molecule has 0 atom stereocenters. The summed E-state index contributed by atoms with van der Waals surface area (Å²) >= 11 is 0. The summed E-state index contributed by atoms with van der Waals surface area (Å²) < 4.78 is 12.9. The van der Waals surface area contributed by atoms with E-state index in [2.05, 4.69) is 20.6 Å². The maximum atomic E-state index is 12.9. The molecule has 27 heavy (non-hydrogen) atoms. The molecule has 0 saturated heterocycles. The molecule has 0 aliphatic carbocycles. The number of halogens is 1. The molecule has 0 radical (unpaired) electrons. The standard InChI is InChI=1S/C18H16BFN4O3/c20-15-5-7-16(8-6-15)24-17(25)13-10-22-18(23-11-13)21-9-12-1-3-14(4-2-12)19(26)27/h1-8,10-11,26-27H,9H2,(H,24,25)(H,21,22,23). The van der Waals surface area contributed by atoms with Gasteiger partial charge in [0.05, 0.1) is 5.56 Å². The number of rotatable bonds is 6. The van der Waals surface area contributed by atoms with E-state index in [9.17, 15) is 9.18 Å². The van der Waals surface area contributed by atoms with Crippen molar-refractivity contribution in [3.8, 4) is 0 Å². The normalized spacial score (nSPS) is 10.3. The van der Waals surface area contributed by atoms with Gasteiger partial charge in [-0.15, -0.1) is 0 Å². The first kappa shape index (κ1) is 18.5. The molecular weight excluding hydrogens is 350 g/mol. The van der Waals surface area contributed by atoms with Gasteiger partial charge in [0.15, 0.2) is 0 Å². The van der Waals surface area contributed by atoms with E-state index in [1.807, 2.05) is 0 Å². The number of benzene rings is 2. The molecule has 4 N–H and O–H groups in total. The lowest BCUT2D eigenvalue weighted by atomic mass is 9.80. The zero-order valence-corrected chi connectivity index (χ0v) is 14.1. The Morgan fingerprint density at radius 1 is 1.00 bits per heavy atom. The van der Waals surface area contributed by atoms with Crippen molar-refractivity contribution in [1.82, 2.24) is 9.97 Å². The zero-order chi connectivity index (χ0) is 19.2. The predicted molar refractivity (Wildman–Crippen MR) is 100.0 cm³/mol. The molecule has 7 nitrogen and oxygen atoms in total. The van der Waals surface area contributed by atoms with Crippen molar-refractivity contribution in [2.75, 3.05) is 10.6 Å². The van der Waals surface area contributed by atoms with E-state index < -0.39 is 13.0 Å². The third kappa shape index (κ3) is 5.10. The SMILES string of the molecule is O=C(Nc1ccc(F)cc1)c1cnc(NCc2ccc(B(O)O)cc2)nc1. The smallest absolute Gasteiger partial charge is 0.423 e. The highest BCUT2D eigenvalue weighted by molar-refractivity contribution is 6.58. The fourth-order valence-electron chi connectivity index (χ4n) is 2.26. The highest BCUT2D eigenvalue weighted by atomic mass is 19.1. The van der Waals surface area contributed by atoms with Gasteiger partial charge < -0.3 is 20.7 Å². The molecule has 0 fully saturated rings. The Bertz CT molecular complexity index is 903. The Balaban J connectivity index is 1.56. The summed E-state index contributed by atoms with van der Waals surface area (Å²) in [5.74, 6) is -0.431. The lowest BCUT2D eigenvalue weighted by Gasteiger charge is -2.07. The number of carbonyl (C=O) groups is 1. The molecule has 136 valence electrons. The largest absolute Gasteiger partial charge is 0.488 e. The summed E-state index contributed by atoms with van der Waals surface area (Å²) in [6.07, 6.45) is 2.78. The number of carbonyl (C=O) groups excluding carboxylic acids is 1. The van der Waals surface area contributed by atoms with Crippen molar-refractivity contribution in [2.24, 2.45) is 0 Å². The number of anilines is 2. The van der Waals surface area contributed by atoms with Gasteiger partial charge in [-0.05, 0) is 35.3 Å². The third-order valence-electron chi connectivity index (χ3n) is 3.74. The van der Waals surface area contributed by atoms with Gasteiger partial charge in [0.1, 0.15) is 5.82 Å². The van der Waals surface area contributed by atoms with E-state index in [4.69, 9.17) is 10.0 Å². The van der Waals surface area contributed by atoms with Gasteiger partial charge in [-0.1, -0.05) is 24.3 Å². The summed E-state index contributed by atoms with van der Waals surface area (Å²) in [5.41, 5.74) is 2.05. The molecule has 2 aromatic carbocycles. The number of hydrogen-bond acceptors (Lipinski definition) is 6. The van der Waals surface area contributed by atoms with Crippen LogP contribution in [-0.2, 0) is 6.54 Å². The van der Waals surface area contributed by atoms with Crippen LogP contribution < -0.4 is 16.1 Å². The van der Waals surface area contributed by atoms with Crippen LogP contribution in [0.4, 0.5) is 16.0 Å². The topological polar surface area (TPSA) is 107 Å². The summed E-state index contributed by atoms with van der Waals surface area (Å²) in [5, 5.41) is 23.8. The van der Waals surface area contributed by atoms with E-state index in [0.29, 0.717) is 23.6 Å². The van der Waals surface area contributed by atoms with Crippen LogP contribution in [0.5, 0.6) is 0 Å². The Hall–Kier alpha value is -3.30. The van der Waals surface area contributed by atoms with Crippen molar-refractivity contribution >= 4 is 30.1 Å². The highest BCUT2D eigenvalue weighted by Crippen LogP contribution is 2.10. The van der Waals surface area contributed by atoms with Crippen LogP contribution in [0.25, 0.3) is 0 Å². The maximum Gasteiger partial charge on any atom is 0.488 e. The van der Waals surface area contributed by atoms with Crippen LogP contribution >= 0.6 is 0 Å². The average molecular weight is 366 g/mol. The first-order valence-corrected chi connectivity index (χ1v) is 8.09. The summed E-state index contributed by atoms with van der Waals surface area (Å²) in [6, 6.07) is 12.2. The number of aromatic nitrogens is 2. The van der Waals surface area contributed by atoms with E-state index in [0.717, 1.165) is 5.56 Å². The Morgan fingerprint density at radius 2 is 1.63 bits per heavy atom. The van der Waals surface area contributed by atoms with Crippen molar-refractivity contribution in [2.45, 2.75) is 6.54 Å². The van der Waals surface area contributed by atoms with Gasteiger partial charge in [-0.25, -0.2) is 14.4 Å². The van der Waals surface area contributed by atoms with E-state index in [1.54, 1.807) is 24.3 Å². The summed E-state index contributed by atoms with van der Waals surface area (Å²) in [6.45, 7) is 0.433. The molecule has 1 aromatic heterocycles. The summed E-state index contributed by atoms with van der Waals surface area (Å²) in [7, 11) is -1.50. The van der Waals surface area contributed by atoms with Crippen molar-refractivity contribution in [3.63, 3.8) is 0 Å². The van der Waals surface area contributed by atoms with Crippen LogP contribution in [-0.4, -0.2) is 33.0 Å². The first-order valence-electron chi connectivity index (χ1n) is 8.09. The molecule has 0 bridgehead atoms. The lowest BCUT2D eigenvalue weighted by molar-refractivity contribution is 0.102. The number of hydrogen-bond donors (Lipinski definition) is 4. The van der Waals surface area contributed by atoms with Crippen LogP contribution in [0, 0.1) is 5.82 Å². The molecule has 0 aliphatic heterocycles. The Morgan fingerprint density at radius 3 is 2.22 bits per heavy atom. The van der Waals surface area contributed by atoms with Gasteiger partial charge >= 0.3 is 7.12 Å². The molecule has 0 spiro atoms. The third-order valence-corrected chi connectivity index (χ3v) is 3.74. The number of amides is 1. The second-order valence-electron chi connectivity index (χ2n) is 5.73. The fraction of sp³-hybridized carbons (Fsp3) is 0.0556. The van der Waals surface area contributed by atoms with Crippen molar-refractivity contribution in [1.29, 1.82) is 0 Å². The second-order valence-corrected chi connectivity index (χ2v) is 5.73. The molecule has 0 unspecified atom stereocenters. The second kappa shape index (κ2) is 8.39. The molecule has 1 heterocycles. The highest BCUT2D eigenvalue weighted by Gasteiger charge is 2.10. The van der Waals surface area contributed by atoms with Crippen LogP contribution in [0.2, 0.25) is 0 Å². The van der Waals surface area contributed by atoms with E-state index >= 15 is 0 Å². The molecule has 0 aliphatic rings. The minimum absolute atomic E-state index is 0.270. The molecule has 1 amide bonds. The van der Waals surface area contributed by atoms with Gasteiger partial charge in [0.2, 0.25) is 5.95 Å². The molecule has 0 saturated carbocycles. The molecule has 9 heteroatoms. The zero-order valence-electron chi connectivity index (χ0n) is 14.1. The minimum atomic E-state index is -1.50. The molecule has 3 rings (SSSR count). The predicted octanol–water partition coefficient (Wildman–Crippen LogP) is 1.16. The summed E-state index contributed by atoms with van der Waals surface area (Å²) in [4.78, 5) is 20.3. The van der Waals surface area contributed by atoms with E-state index in [1.165, 1.54) is 36.7 Å². The van der Waals surface area contributed by atoms with Crippen LogP contribution in [0.1, 0.15) is 15.9 Å². The molecule has 3 aromatic rings. The monoisotopic (exact) mass is 366 g/mol. The van der Waals surface area contributed by atoms with Gasteiger partial charge in [-0.3, -0.25) is 4.79 Å². The Labute approximate surface area is 155 Å². The van der Waals surface area contributed by atoms with Gasteiger partial charge in [0, 0.05) is 24.6 Å². The van der Waals surface area contributed by atoms with Gasteiger partial charge in [-0.2, -0.15) is 0 Å². The van der Waals surface area contributed by atoms with Crippen molar-refractivity contribution in [3.05, 3.63) is 77.9 Å². The minimum Gasteiger partial charge on any atom is -0.423 e. The van der Waals surface area contributed by atoms with Crippen molar-refractivity contribution < 1.29 is 19.2 Å². The van der Waals surface area contributed by atoms with Crippen LogP contribution in [0.15, 0.2) is 60.9 Å². The van der Waals surface area contributed by atoms with Gasteiger partial charge in [0.25, 0.3) is 5.91 Å². The Kier molecular flexibility index (Phi) is 5.75. The van der Waals surface area contributed by atoms with E-state index in [-0.39, 0.29) is 11.4 Å². The molecular formula is C18H16BFN4O3. The number of nitrogens with zero attached hydrogens (tertiary/aromatic N) is 2. The maximum absolute atomic E-state index is 12.9. The average Bonchev–Trinajstić information content (AvgIpc) is 2.69.